The molecule has 256 valence electrons. The largest absolute Gasteiger partial charge is 0.308 e. The molecule has 4 nitrogen and oxygen atoms in total. The molecule has 0 saturated carbocycles. The minimum atomic E-state index is -0.221. The van der Waals surface area contributed by atoms with Crippen molar-refractivity contribution in [1.82, 2.24) is 18.9 Å². The van der Waals surface area contributed by atoms with E-state index in [4.69, 9.17) is 9.97 Å². The Kier molecular flexibility index (Phi) is 5.42. The minimum Gasteiger partial charge on any atom is -0.308 e. The van der Waals surface area contributed by atoms with Gasteiger partial charge in [0.25, 0.3) is 0 Å². The van der Waals surface area contributed by atoms with Gasteiger partial charge in [-0.1, -0.05) is 141 Å². The van der Waals surface area contributed by atoms with Crippen LogP contribution in [0.15, 0.2) is 158 Å². The maximum atomic E-state index is 5.71. The average molecular weight is 701 g/mol. The highest BCUT2D eigenvalue weighted by Crippen LogP contribution is 2.56. The highest BCUT2D eigenvalue weighted by atomic mass is 15.1. The second-order valence-electron chi connectivity index (χ2n) is 15.7. The van der Waals surface area contributed by atoms with E-state index < -0.39 is 0 Å². The van der Waals surface area contributed by atoms with E-state index in [9.17, 15) is 0 Å². The first-order valence-corrected chi connectivity index (χ1v) is 19.1. The molecule has 4 aromatic heterocycles. The Labute approximate surface area is 315 Å². The van der Waals surface area contributed by atoms with Gasteiger partial charge in [0.05, 0.1) is 38.6 Å². The van der Waals surface area contributed by atoms with Crippen LogP contribution < -0.4 is 0 Å². The number of benzene rings is 8. The predicted molar refractivity (Wildman–Crippen MR) is 229 cm³/mol. The molecule has 0 N–H and O–H groups in total. The van der Waals surface area contributed by atoms with Gasteiger partial charge in [-0.25, -0.2) is 9.97 Å². The van der Waals surface area contributed by atoms with Crippen molar-refractivity contribution in [1.29, 1.82) is 0 Å². The molecule has 0 aliphatic heterocycles. The molecule has 55 heavy (non-hydrogen) atoms. The molecule has 0 amide bonds. The zero-order valence-electron chi connectivity index (χ0n) is 30.3. The molecule has 4 heteroatoms. The van der Waals surface area contributed by atoms with E-state index in [2.05, 4.69) is 181 Å². The summed E-state index contributed by atoms with van der Waals surface area (Å²) in [5.41, 5.74) is 14.8. The van der Waals surface area contributed by atoms with Gasteiger partial charge >= 0.3 is 0 Å². The Bertz CT molecular complexity index is 3620. The van der Waals surface area contributed by atoms with E-state index in [0.29, 0.717) is 0 Å². The number of rotatable bonds is 2. The lowest BCUT2D eigenvalue weighted by Gasteiger charge is -2.22. The Morgan fingerprint density at radius 1 is 0.491 bits per heavy atom. The molecule has 1 aliphatic rings. The number of para-hydroxylation sites is 2. The predicted octanol–water partition coefficient (Wildman–Crippen LogP) is 13.0. The Balaban J connectivity index is 1.34. The van der Waals surface area contributed by atoms with E-state index in [-0.39, 0.29) is 5.41 Å². The monoisotopic (exact) mass is 700 g/mol. The van der Waals surface area contributed by atoms with Gasteiger partial charge in [0.2, 0.25) is 0 Å². The highest BCUT2D eigenvalue weighted by Gasteiger charge is 2.39. The Morgan fingerprint density at radius 3 is 2.11 bits per heavy atom. The lowest BCUT2D eigenvalue weighted by molar-refractivity contribution is 0.661. The van der Waals surface area contributed by atoms with Gasteiger partial charge in [0.15, 0.2) is 5.82 Å². The van der Waals surface area contributed by atoms with Crippen LogP contribution in [0.5, 0.6) is 0 Å². The fourth-order valence-electron chi connectivity index (χ4n) is 10.2. The van der Waals surface area contributed by atoms with Crippen LogP contribution in [0.3, 0.4) is 0 Å². The fraction of sp³-hybridized carbons (Fsp3) is 0.0588. The van der Waals surface area contributed by atoms with Crippen LogP contribution in [-0.2, 0) is 5.41 Å². The summed E-state index contributed by atoms with van der Waals surface area (Å²) in [5.74, 6) is 0.836. The number of fused-ring (bicyclic) bond motifs is 12. The molecule has 4 heterocycles. The van der Waals surface area contributed by atoms with Gasteiger partial charge in [-0.3, -0.25) is 4.57 Å². The molecule has 0 bridgehead atoms. The second-order valence-corrected chi connectivity index (χ2v) is 15.7. The number of hydrogen-bond donors (Lipinski definition) is 0. The van der Waals surface area contributed by atoms with Crippen molar-refractivity contribution >= 4 is 81.7 Å². The van der Waals surface area contributed by atoms with Crippen LogP contribution in [0.2, 0.25) is 0 Å². The Hall–Kier alpha value is -7.04. The number of hydrogen-bond acceptors (Lipinski definition) is 2. The van der Waals surface area contributed by atoms with Gasteiger partial charge in [-0.2, -0.15) is 0 Å². The summed E-state index contributed by atoms with van der Waals surface area (Å²) in [6.07, 6.45) is 0. The van der Waals surface area contributed by atoms with E-state index >= 15 is 0 Å². The van der Waals surface area contributed by atoms with E-state index in [1.807, 2.05) is 0 Å². The van der Waals surface area contributed by atoms with Crippen LogP contribution in [0.1, 0.15) is 25.0 Å². The molecule has 12 aromatic rings. The SMILES string of the molecule is CC1(C)c2ccccc2-c2c1cc1c3c2c2cccc4c5ccccc5n(c5cccc(c35)n1-c1nc3c(ccc5ccccc53)nc1-c1ccccc1)c42. The molecular formula is C51H32N4. The molecular weight excluding hydrogens is 669 g/mol. The van der Waals surface area contributed by atoms with Crippen LogP contribution in [-0.4, -0.2) is 18.9 Å². The molecule has 0 saturated heterocycles. The topological polar surface area (TPSA) is 35.1 Å². The Morgan fingerprint density at radius 2 is 1.20 bits per heavy atom. The third-order valence-corrected chi connectivity index (χ3v) is 12.6. The summed E-state index contributed by atoms with van der Waals surface area (Å²) >= 11 is 0. The number of nitrogens with zero attached hydrogens (tertiary/aromatic N) is 4. The quantitative estimate of drug-likeness (QED) is 0.168. The summed E-state index contributed by atoms with van der Waals surface area (Å²) in [7, 11) is 0. The van der Waals surface area contributed by atoms with Crippen molar-refractivity contribution in [3.63, 3.8) is 0 Å². The maximum Gasteiger partial charge on any atom is 0.165 e. The molecule has 0 atom stereocenters. The fourth-order valence-corrected chi connectivity index (χ4v) is 10.2. The van der Waals surface area contributed by atoms with Crippen LogP contribution in [0.4, 0.5) is 0 Å². The number of aromatic nitrogens is 4. The van der Waals surface area contributed by atoms with Gasteiger partial charge in [0, 0.05) is 48.7 Å². The van der Waals surface area contributed by atoms with Gasteiger partial charge in [-0.05, 0) is 58.0 Å². The van der Waals surface area contributed by atoms with Gasteiger partial charge in [-0.15, -0.1) is 0 Å². The lowest BCUT2D eigenvalue weighted by atomic mass is 9.82. The summed E-state index contributed by atoms with van der Waals surface area (Å²) in [6, 6.07) is 57.5. The summed E-state index contributed by atoms with van der Waals surface area (Å²) in [5, 5.41) is 9.85. The zero-order valence-corrected chi connectivity index (χ0v) is 30.3. The molecule has 0 unspecified atom stereocenters. The summed E-state index contributed by atoms with van der Waals surface area (Å²) in [4.78, 5) is 11.2. The van der Waals surface area contributed by atoms with E-state index in [1.165, 1.54) is 71.1 Å². The van der Waals surface area contributed by atoms with Crippen LogP contribution >= 0.6 is 0 Å². The van der Waals surface area contributed by atoms with Crippen molar-refractivity contribution in [3.05, 3.63) is 169 Å². The van der Waals surface area contributed by atoms with Crippen molar-refractivity contribution in [2.75, 3.05) is 0 Å². The molecule has 1 aliphatic carbocycles. The molecule has 0 fully saturated rings. The van der Waals surface area contributed by atoms with Crippen molar-refractivity contribution in [3.8, 4) is 28.2 Å². The van der Waals surface area contributed by atoms with Crippen LogP contribution in [0.25, 0.3) is 110 Å². The van der Waals surface area contributed by atoms with Crippen molar-refractivity contribution < 1.29 is 0 Å². The lowest BCUT2D eigenvalue weighted by Crippen LogP contribution is -2.15. The first-order valence-electron chi connectivity index (χ1n) is 19.1. The molecule has 13 rings (SSSR count). The van der Waals surface area contributed by atoms with E-state index in [1.54, 1.807) is 0 Å². The summed E-state index contributed by atoms with van der Waals surface area (Å²) in [6.45, 7) is 4.78. The minimum absolute atomic E-state index is 0.221. The first kappa shape index (κ1) is 29.4. The van der Waals surface area contributed by atoms with E-state index in [0.717, 1.165) is 49.9 Å². The van der Waals surface area contributed by atoms with Crippen molar-refractivity contribution in [2.24, 2.45) is 0 Å². The van der Waals surface area contributed by atoms with Crippen LogP contribution in [0, 0.1) is 0 Å². The van der Waals surface area contributed by atoms with Gasteiger partial charge < -0.3 is 4.40 Å². The average Bonchev–Trinajstić information content (AvgIpc) is 3.79. The third-order valence-electron chi connectivity index (χ3n) is 12.6. The second kappa shape index (κ2) is 10.1. The maximum absolute atomic E-state index is 5.71. The molecule has 0 radical (unpaired) electrons. The highest BCUT2D eigenvalue weighted by molar-refractivity contribution is 6.34. The third kappa shape index (κ3) is 3.57. The van der Waals surface area contributed by atoms with Crippen molar-refractivity contribution in [2.45, 2.75) is 19.3 Å². The first-order chi connectivity index (χ1) is 27.1. The smallest absolute Gasteiger partial charge is 0.165 e. The van der Waals surface area contributed by atoms with Gasteiger partial charge in [0.1, 0.15) is 5.69 Å². The molecule has 8 aromatic carbocycles. The zero-order chi connectivity index (χ0) is 36.2. The summed E-state index contributed by atoms with van der Waals surface area (Å²) < 4.78 is 4.96. The standard InChI is InChI=1S/C51H32N4/c1-51(2)36-22-10-8-19-34(36)43-37(51)28-42-46-44(43)35-21-12-20-33-32-18-9-11-23-39(32)54(49(33)35)40-24-13-25-41(45(40)46)55(42)50-47(30-15-4-3-5-16-30)52-38-27-26-29-14-6-7-17-31(29)48(38)53-50/h3-28H,1-2H3. The molecule has 0 spiro atoms. The normalized spacial score (nSPS) is 13.8.